The average molecular weight is 228 g/mol. The molecule has 0 amide bonds. The van der Waals surface area contributed by atoms with Gasteiger partial charge in [-0.05, 0) is 32.4 Å². The lowest BCUT2D eigenvalue weighted by molar-refractivity contribution is -0.0762. The molecule has 1 atom stereocenters. The van der Waals surface area contributed by atoms with Crippen molar-refractivity contribution < 1.29 is 9.84 Å². The minimum atomic E-state index is -0.476. The summed E-state index contributed by atoms with van der Waals surface area (Å²) >= 11 is 1.77. The molecule has 1 N–H and O–H groups in total. The molecule has 0 radical (unpaired) electrons. The van der Waals surface area contributed by atoms with Crippen molar-refractivity contribution in [1.82, 2.24) is 0 Å². The van der Waals surface area contributed by atoms with Crippen LogP contribution < -0.4 is 0 Å². The average Bonchev–Trinajstić information content (AvgIpc) is 2.65. The lowest BCUT2D eigenvalue weighted by atomic mass is 9.98. The lowest BCUT2D eigenvalue weighted by Gasteiger charge is -2.28. The Labute approximate surface area is 95.9 Å². The zero-order valence-electron chi connectivity index (χ0n) is 9.91. The van der Waals surface area contributed by atoms with Crippen LogP contribution in [0.25, 0.3) is 0 Å². The molecule has 0 aliphatic carbocycles. The number of rotatable bonds is 5. The summed E-state index contributed by atoms with van der Waals surface area (Å²) in [5, 5.41) is 9.99. The van der Waals surface area contributed by atoms with Crippen LogP contribution in [-0.2, 0) is 17.6 Å². The Morgan fingerprint density at radius 3 is 2.47 bits per heavy atom. The second kappa shape index (κ2) is 5.10. The summed E-state index contributed by atoms with van der Waals surface area (Å²) < 4.78 is 5.26. The van der Waals surface area contributed by atoms with E-state index in [1.54, 1.807) is 18.4 Å². The maximum Gasteiger partial charge on any atom is 0.0884 e. The van der Waals surface area contributed by atoms with Crippen LogP contribution in [0, 0.1) is 0 Å². The van der Waals surface area contributed by atoms with E-state index in [0.717, 1.165) is 6.42 Å². The number of hydrogen-bond acceptors (Lipinski definition) is 3. The Morgan fingerprint density at radius 2 is 2.00 bits per heavy atom. The van der Waals surface area contributed by atoms with Gasteiger partial charge in [0, 0.05) is 23.3 Å². The minimum Gasteiger partial charge on any atom is -0.390 e. The second-order valence-corrected chi connectivity index (χ2v) is 5.50. The predicted molar refractivity (Wildman–Crippen MR) is 64.5 cm³/mol. The summed E-state index contributed by atoms with van der Waals surface area (Å²) in [5.74, 6) is 0. The SMILES string of the molecule is CCc1ccc(CC(O)C(C)(C)OC)s1. The van der Waals surface area contributed by atoms with Crippen molar-refractivity contribution in [2.24, 2.45) is 0 Å². The molecule has 0 spiro atoms. The molecule has 0 fully saturated rings. The fraction of sp³-hybridized carbons (Fsp3) is 0.667. The van der Waals surface area contributed by atoms with E-state index in [9.17, 15) is 5.11 Å². The van der Waals surface area contributed by atoms with Crippen molar-refractivity contribution in [1.29, 1.82) is 0 Å². The van der Waals surface area contributed by atoms with Gasteiger partial charge in [0.1, 0.15) is 0 Å². The number of aliphatic hydroxyl groups is 1. The van der Waals surface area contributed by atoms with Gasteiger partial charge in [-0.2, -0.15) is 0 Å². The molecule has 1 aromatic heterocycles. The molecule has 1 heterocycles. The second-order valence-electron chi connectivity index (χ2n) is 4.25. The molecule has 2 nitrogen and oxygen atoms in total. The zero-order chi connectivity index (χ0) is 11.5. The van der Waals surface area contributed by atoms with Gasteiger partial charge in [0.15, 0.2) is 0 Å². The highest BCUT2D eigenvalue weighted by molar-refractivity contribution is 7.11. The van der Waals surface area contributed by atoms with E-state index >= 15 is 0 Å². The largest absolute Gasteiger partial charge is 0.390 e. The molecule has 0 aliphatic rings. The standard InChI is InChI=1S/C12H20O2S/c1-5-9-6-7-10(15-9)8-11(13)12(2,3)14-4/h6-7,11,13H,5,8H2,1-4H3. The molecule has 15 heavy (non-hydrogen) atoms. The van der Waals surface area contributed by atoms with Gasteiger partial charge >= 0.3 is 0 Å². The Balaban J connectivity index is 2.61. The van der Waals surface area contributed by atoms with E-state index in [-0.39, 0.29) is 0 Å². The monoisotopic (exact) mass is 228 g/mol. The van der Waals surface area contributed by atoms with Crippen molar-refractivity contribution in [3.05, 3.63) is 21.9 Å². The molecule has 3 heteroatoms. The Hall–Kier alpha value is -0.380. The zero-order valence-corrected chi connectivity index (χ0v) is 10.7. The van der Waals surface area contributed by atoms with Gasteiger partial charge < -0.3 is 9.84 Å². The molecule has 1 aromatic rings. The Morgan fingerprint density at radius 1 is 1.40 bits per heavy atom. The quantitative estimate of drug-likeness (QED) is 0.839. The first-order valence-electron chi connectivity index (χ1n) is 5.30. The summed E-state index contributed by atoms with van der Waals surface area (Å²) in [5.41, 5.74) is -0.476. The van der Waals surface area contributed by atoms with E-state index < -0.39 is 11.7 Å². The molecule has 0 aromatic carbocycles. The summed E-state index contributed by atoms with van der Waals surface area (Å²) in [6.07, 6.45) is 1.28. The molecule has 1 unspecified atom stereocenters. The molecule has 0 saturated carbocycles. The molecular weight excluding hydrogens is 208 g/mol. The lowest BCUT2D eigenvalue weighted by Crippen LogP contribution is -2.39. The fourth-order valence-electron chi connectivity index (χ4n) is 1.29. The topological polar surface area (TPSA) is 29.5 Å². The normalized spacial score (nSPS) is 14.2. The fourth-order valence-corrected chi connectivity index (χ4v) is 2.29. The molecule has 0 saturated heterocycles. The van der Waals surface area contributed by atoms with Crippen molar-refractivity contribution >= 4 is 11.3 Å². The van der Waals surface area contributed by atoms with Gasteiger partial charge in [0.2, 0.25) is 0 Å². The number of hydrogen-bond donors (Lipinski definition) is 1. The summed E-state index contributed by atoms with van der Waals surface area (Å²) in [7, 11) is 1.63. The molecule has 0 aliphatic heterocycles. The summed E-state index contributed by atoms with van der Waals surface area (Å²) in [6, 6.07) is 4.23. The highest BCUT2D eigenvalue weighted by atomic mass is 32.1. The van der Waals surface area contributed by atoms with E-state index in [1.165, 1.54) is 9.75 Å². The van der Waals surface area contributed by atoms with E-state index in [0.29, 0.717) is 6.42 Å². The van der Waals surface area contributed by atoms with Gasteiger partial charge in [-0.25, -0.2) is 0 Å². The van der Waals surface area contributed by atoms with Crippen LogP contribution in [0.5, 0.6) is 0 Å². The third-order valence-corrected chi connectivity index (χ3v) is 4.04. The number of aliphatic hydroxyl groups excluding tert-OH is 1. The van der Waals surface area contributed by atoms with Crippen molar-refractivity contribution in [3.63, 3.8) is 0 Å². The maximum absolute atomic E-state index is 9.99. The van der Waals surface area contributed by atoms with E-state index in [2.05, 4.69) is 19.1 Å². The Kier molecular flexibility index (Phi) is 4.32. The van der Waals surface area contributed by atoms with Crippen LogP contribution >= 0.6 is 11.3 Å². The number of thiophene rings is 1. The molecule has 86 valence electrons. The Bertz CT molecular complexity index is 304. The van der Waals surface area contributed by atoms with E-state index in [4.69, 9.17) is 4.74 Å². The van der Waals surface area contributed by atoms with Crippen LogP contribution in [0.15, 0.2) is 12.1 Å². The third-order valence-electron chi connectivity index (χ3n) is 2.79. The molecule has 0 bridgehead atoms. The van der Waals surface area contributed by atoms with Gasteiger partial charge in [0.25, 0.3) is 0 Å². The summed E-state index contributed by atoms with van der Waals surface area (Å²) in [4.78, 5) is 2.59. The third kappa shape index (κ3) is 3.30. The first kappa shape index (κ1) is 12.7. The summed E-state index contributed by atoms with van der Waals surface area (Å²) in [6.45, 7) is 5.96. The minimum absolute atomic E-state index is 0.453. The van der Waals surface area contributed by atoms with Crippen LogP contribution in [0.4, 0.5) is 0 Å². The van der Waals surface area contributed by atoms with Crippen LogP contribution in [-0.4, -0.2) is 23.9 Å². The van der Waals surface area contributed by atoms with Crippen molar-refractivity contribution in [2.75, 3.05) is 7.11 Å². The van der Waals surface area contributed by atoms with Crippen molar-refractivity contribution in [2.45, 2.75) is 45.3 Å². The number of methoxy groups -OCH3 is 1. The molecule has 1 rings (SSSR count). The maximum atomic E-state index is 9.99. The van der Waals surface area contributed by atoms with Crippen molar-refractivity contribution in [3.8, 4) is 0 Å². The van der Waals surface area contributed by atoms with Crippen LogP contribution in [0.2, 0.25) is 0 Å². The number of ether oxygens (including phenoxy) is 1. The predicted octanol–water partition coefficient (Wildman–Crippen LogP) is 2.64. The first-order valence-corrected chi connectivity index (χ1v) is 6.12. The van der Waals surface area contributed by atoms with Gasteiger partial charge in [-0.3, -0.25) is 0 Å². The van der Waals surface area contributed by atoms with Gasteiger partial charge in [-0.1, -0.05) is 6.92 Å². The first-order chi connectivity index (χ1) is 6.99. The molecular formula is C12H20O2S. The van der Waals surface area contributed by atoms with Crippen LogP contribution in [0.1, 0.15) is 30.5 Å². The number of aryl methyl sites for hydroxylation is 1. The smallest absolute Gasteiger partial charge is 0.0884 e. The van der Waals surface area contributed by atoms with Crippen LogP contribution in [0.3, 0.4) is 0 Å². The van der Waals surface area contributed by atoms with E-state index in [1.807, 2.05) is 13.8 Å². The van der Waals surface area contributed by atoms with Gasteiger partial charge in [0.05, 0.1) is 11.7 Å². The highest BCUT2D eigenvalue weighted by Gasteiger charge is 2.27. The highest BCUT2D eigenvalue weighted by Crippen LogP contribution is 2.23. The van der Waals surface area contributed by atoms with Gasteiger partial charge in [-0.15, -0.1) is 11.3 Å².